The van der Waals surface area contributed by atoms with Gasteiger partial charge in [0.1, 0.15) is 0 Å². The molecule has 0 aliphatic carbocycles. The first-order valence-electron chi connectivity index (χ1n) is 9.84. The van der Waals surface area contributed by atoms with E-state index in [1.165, 1.54) is 0 Å². The molecule has 6 heteroatoms. The van der Waals surface area contributed by atoms with Gasteiger partial charge in [-0.2, -0.15) is 0 Å². The summed E-state index contributed by atoms with van der Waals surface area (Å²) in [4.78, 5) is 31.5. The van der Waals surface area contributed by atoms with Crippen LogP contribution in [0.4, 0.5) is 5.69 Å². The van der Waals surface area contributed by atoms with Crippen LogP contribution in [0, 0.1) is 11.3 Å². The SMILES string of the molecule is CC(C)(C)C(=O)N1CCC(C(=O)N2CCN(c3cccc(Cl)c3)CC2)CC1. The van der Waals surface area contributed by atoms with Crippen molar-refractivity contribution in [1.82, 2.24) is 9.80 Å². The van der Waals surface area contributed by atoms with Gasteiger partial charge in [-0.15, -0.1) is 0 Å². The predicted molar refractivity (Wildman–Crippen MR) is 109 cm³/mol. The third-order valence-corrected chi connectivity index (χ3v) is 5.77. The van der Waals surface area contributed by atoms with E-state index >= 15 is 0 Å². The van der Waals surface area contributed by atoms with Gasteiger partial charge < -0.3 is 14.7 Å². The molecular weight excluding hydrogens is 362 g/mol. The molecular formula is C21H30ClN3O2. The van der Waals surface area contributed by atoms with Crippen molar-refractivity contribution in [2.45, 2.75) is 33.6 Å². The summed E-state index contributed by atoms with van der Waals surface area (Å²) >= 11 is 6.09. The van der Waals surface area contributed by atoms with Gasteiger partial charge in [0.2, 0.25) is 11.8 Å². The van der Waals surface area contributed by atoms with Gasteiger partial charge in [-0.3, -0.25) is 9.59 Å². The smallest absolute Gasteiger partial charge is 0.227 e. The molecule has 0 N–H and O–H groups in total. The number of carbonyl (C=O) groups is 2. The molecule has 2 aliphatic rings. The number of anilines is 1. The second kappa shape index (κ2) is 8.09. The van der Waals surface area contributed by atoms with Gasteiger partial charge in [0.25, 0.3) is 0 Å². The number of hydrogen-bond acceptors (Lipinski definition) is 3. The van der Waals surface area contributed by atoms with Crippen LogP contribution in [-0.2, 0) is 9.59 Å². The van der Waals surface area contributed by atoms with E-state index in [9.17, 15) is 9.59 Å². The largest absolute Gasteiger partial charge is 0.368 e. The average molecular weight is 392 g/mol. The molecule has 27 heavy (non-hydrogen) atoms. The molecule has 0 aromatic heterocycles. The molecule has 0 bridgehead atoms. The van der Waals surface area contributed by atoms with Crippen LogP contribution >= 0.6 is 11.6 Å². The quantitative estimate of drug-likeness (QED) is 0.777. The Kier molecular flexibility index (Phi) is 5.99. The number of nitrogens with zero attached hydrogens (tertiary/aromatic N) is 3. The minimum atomic E-state index is -0.354. The predicted octanol–water partition coefficient (Wildman–Crippen LogP) is 3.27. The van der Waals surface area contributed by atoms with Crippen LogP contribution in [-0.4, -0.2) is 60.9 Å². The van der Waals surface area contributed by atoms with Crippen molar-refractivity contribution in [1.29, 1.82) is 0 Å². The highest BCUT2D eigenvalue weighted by atomic mass is 35.5. The molecule has 2 saturated heterocycles. The van der Waals surface area contributed by atoms with E-state index in [-0.39, 0.29) is 23.1 Å². The molecule has 5 nitrogen and oxygen atoms in total. The molecule has 0 saturated carbocycles. The van der Waals surface area contributed by atoms with Gasteiger partial charge in [0.15, 0.2) is 0 Å². The number of halogens is 1. The molecule has 148 valence electrons. The average Bonchev–Trinajstić information content (AvgIpc) is 2.66. The lowest BCUT2D eigenvalue weighted by molar-refractivity contribution is -0.145. The van der Waals surface area contributed by atoms with E-state index < -0.39 is 0 Å². The van der Waals surface area contributed by atoms with Crippen molar-refractivity contribution in [3.8, 4) is 0 Å². The molecule has 1 aromatic rings. The zero-order valence-corrected chi connectivity index (χ0v) is 17.3. The summed E-state index contributed by atoms with van der Waals surface area (Å²) in [5.41, 5.74) is 0.761. The van der Waals surface area contributed by atoms with Crippen LogP contribution in [0.25, 0.3) is 0 Å². The van der Waals surface area contributed by atoms with Crippen molar-refractivity contribution >= 4 is 29.1 Å². The molecule has 2 aliphatic heterocycles. The van der Waals surface area contributed by atoms with Crippen LogP contribution in [0.5, 0.6) is 0 Å². The van der Waals surface area contributed by atoms with Gasteiger partial charge in [-0.25, -0.2) is 0 Å². The first kappa shape index (κ1) is 20.0. The van der Waals surface area contributed by atoms with Gasteiger partial charge in [-0.1, -0.05) is 38.4 Å². The Labute approximate surface area is 167 Å². The zero-order valence-electron chi connectivity index (χ0n) is 16.6. The fourth-order valence-corrected chi connectivity index (χ4v) is 4.10. The first-order valence-corrected chi connectivity index (χ1v) is 10.2. The van der Waals surface area contributed by atoms with Gasteiger partial charge in [0.05, 0.1) is 0 Å². The zero-order chi connectivity index (χ0) is 19.6. The van der Waals surface area contributed by atoms with Gasteiger partial charge in [0, 0.05) is 61.3 Å². The van der Waals surface area contributed by atoms with E-state index in [0.29, 0.717) is 13.1 Å². The molecule has 0 unspecified atom stereocenters. The molecule has 3 rings (SSSR count). The van der Waals surface area contributed by atoms with Crippen molar-refractivity contribution in [2.24, 2.45) is 11.3 Å². The third-order valence-electron chi connectivity index (χ3n) is 5.54. The van der Waals surface area contributed by atoms with Gasteiger partial charge in [-0.05, 0) is 31.0 Å². The van der Waals surface area contributed by atoms with Crippen LogP contribution in [0.1, 0.15) is 33.6 Å². The summed E-state index contributed by atoms with van der Waals surface area (Å²) in [5, 5.41) is 0.738. The number of hydrogen-bond donors (Lipinski definition) is 0. The summed E-state index contributed by atoms with van der Waals surface area (Å²) in [7, 11) is 0. The standard InChI is InChI=1S/C21H30ClN3O2/c1-21(2,3)20(27)25-9-7-16(8-10-25)19(26)24-13-11-23(12-14-24)18-6-4-5-17(22)15-18/h4-6,15-16H,7-14H2,1-3H3. The maximum atomic E-state index is 12.9. The molecule has 2 amide bonds. The maximum Gasteiger partial charge on any atom is 0.227 e. The number of carbonyl (C=O) groups excluding carboxylic acids is 2. The number of amides is 2. The summed E-state index contributed by atoms with van der Waals surface area (Å²) in [6.07, 6.45) is 1.55. The minimum absolute atomic E-state index is 0.0479. The summed E-state index contributed by atoms with van der Waals surface area (Å²) in [6.45, 7) is 10.4. The highest BCUT2D eigenvalue weighted by Crippen LogP contribution is 2.26. The van der Waals surface area contributed by atoms with Crippen molar-refractivity contribution < 1.29 is 9.59 Å². The van der Waals surface area contributed by atoms with E-state index in [1.807, 2.05) is 48.8 Å². The van der Waals surface area contributed by atoms with Gasteiger partial charge >= 0.3 is 0 Å². The van der Waals surface area contributed by atoms with E-state index in [2.05, 4.69) is 11.0 Å². The molecule has 0 spiro atoms. The van der Waals surface area contributed by atoms with Crippen molar-refractivity contribution in [2.75, 3.05) is 44.2 Å². The number of piperazine rings is 1. The fraction of sp³-hybridized carbons (Fsp3) is 0.619. The lowest BCUT2D eigenvalue weighted by Crippen LogP contribution is -2.52. The van der Waals surface area contributed by atoms with E-state index in [4.69, 9.17) is 11.6 Å². The highest BCUT2D eigenvalue weighted by molar-refractivity contribution is 6.30. The number of piperidine rings is 1. The van der Waals surface area contributed by atoms with E-state index in [1.54, 1.807) is 0 Å². The highest BCUT2D eigenvalue weighted by Gasteiger charge is 2.34. The Morgan fingerprint density at radius 2 is 1.59 bits per heavy atom. The Balaban J connectivity index is 1.50. The van der Waals surface area contributed by atoms with Crippen LogP contribution in [0.2, 0.25) is 5.02 Å². The Bertz CT molecular complexity index is 685. The van der Waals surface area contributed by atoms with Crippen LogP contribution < -0.4 is 4.90 Å². The number of likely N-dealkylation sites (tertiary alicyclic amines) is 1. The monoisotopic (exact) mass is 391 g/mol. The normalized spacial score (nSPS) is 19.3. The second-order valence-corrected chi connectivity index (χ2v) is 9.05. The first-order chi connectivity index (χ1) is 12.8. The number of benzene rings is 1. The molecule has 2 fully saturated rings. The summed E-state index contributed by atoms with van der Waals surface area (Å²) in [5.74, 6) is 0.485. The minimum Gasteiger partial charge on any atom is -0.368 e. The van der Waals surface area contributed by atoms with Crippen molar-refractivity contribution in [3.63, 3.8) is 0 Å². The van der Waals surface area contributed by atoms with Crippen LogP contribution in [0.15, 0.2) is 24.3 Å². The lowest BCUT2D eigenvalue weighted by atomic mass is 9.90. The Hall–Kier alpha value is -1.75. The number of rotatable bonds is 2. The Morgan fingerprint density at radius 1 is 0.963 bits per heavy atom. The third kappa shape index (κ3) is 4.75. The topological polar surface area (TPSA) is 43.9 Å². The fourth-order valence-electron chi connectivity index (χ4n) is 3.92. The summed E-state index contributed by atoms with van der Waals surface area (Å²) in [6, 6.07) is 7.87. The Morgan fingerprint density at radius 3 is 2.15 bits per heavy atom. The summed E-state index contributed by atoms with van der Waals surface area (Å²) < 4.78 is 0. The molecule has 0 atom stereocenters. The lowest BCUT2D eigenvalue weighted by Gasteiger charge is -2.40. The second-order valence-electron chi connectivity index (χ2n) is 8.61. The van der Waals surface area contributed by atoms with E-state index in [0.717, 1.165) is 49.7 Å². The van der Waals surface area contributed by atoms with Crippen molar-refractivity contribution in [3.05, 3.63) is 29.3 Å². The van der Waals surface area contributed by atoms with Crippen LogP contribution in [0.3, 0.4) is 0 Å². The molecule has 0 radical (unpaired) electrons. The maximum absolute atomic E-state index is 12.9. The molecule has 1 aromatic carbocycles. The molecule has 2 heterocycles.